The van der Waals surface area contributed by atoms with Gasteiger partial charge < -0.3 is 20.1 Å². The second-order valence-electron chi connectivity index (χ2n) is 6.61. The van der Waals surface area contributed by atoms with Crippen LogP contribution in [0.15, 0.2) is 48.5 Å². The van der Waals surface area contributed by atoms with Crippen LogP contribution >= 0.6 is 11.6 Å². The average molecular weight is 403 g/mol. The highest BCUT2D eigenvalue weighted by Gasteiger charge is 2.18. The molecule has 2 aromatic rings. The number of hydrogen-bond donors (Lipinski definition) is 2. The molecule has 1 aliphatic rings. The lowest BCUT2D eigenvalue weighted by molar-refractivity contribution is -0.122. The number of carbonyl (C=O) groups is 2. The topological polar surface area (TPSA) is 76.7 Å². The van der Waals surface area contributed by atoms with Crippen molar-refractivity contribution in [2.45, 2.75) is 32.0 Å². The van der Waals surface area contributed by atoms with E-state index in [2.05, 4.69) is 10.6 Å². The van der Waals surface area contributed by atoms with E-state index in [0.717, 1.165) is 19.4 Å². The van der Waals surface area contributed by atoms with E-state index < -0.39 is 6.10 Å². The van der Waals surface area contributed by atoms with Gasteiger partial charge >= 0.3 is 0 Å². The summed E-state index contributed by atoms with van der Waals surface area (Å²) < 4.78 is 11.1. The molecule has 6 nitrogen and oxygen atoms in total. The minimum absolute atomic E-state index is 0.0784. The maximum absolute atomic E-state index is 12.4. The van der Waals surface area contributed by atoms with Gasteiger partial charge in [-0.3, -0.25) is 9.59 Å². The number of ether oxygens (including phenoxy) is 2. The zero-order chi connectivity index (χ0) is 19.9. The first-order valence-electron chi connectivity index (χ1n) is 9.25. The number of nitrogens with one attached hydrogen (secondary N) is 2. The molecule has 1 heterocycles. The fourth-order valence-corrected chi connectivity index (χ4v) is 3.06. The molecule has 2 unspecified atom stereocenters. The normalized spacial score (nSPS) is 17.0. The summed E-state index contributed by atoms with van der Waals surface area (Å²) >= 11 is 6.06. The molecule has 0 saturated carbocycles. The Kier molecular flexibility index (Phi) is 6.90. The molecule has 2 aromatic carbocycles. The maximum atomic E-state index is 12.4. The van der Waals surface area contributed by atoms with Crippen molar-refractivity contribution in [1.29, 1.82) is 0 Å². The Morgan fingerprint density at radius 2 is 2.07 bits per heavy atom. The van der Waals surface area contributed by atoms with E-state index in [9.17, 15) is 9.59 Å². The van der Waals surface area contributed by atoms with E-state index in [1.165, 1.54) is 0 Å². The first-order valence-corrected chi connectivity index (χ1v) is 9.62. The first kappa shape index (κ1) is 20.2. The van der Waals surface area contributed by atoms with Crippen molar-refractivity contribution in [3.05, 3.63) is 59.1 Å². The van der Waals surface area contributed by atoms with Crippen LogP contribution < -0.4 is 15.4 Å². The number of halogens is 1. The van der Waals surface area contributed by atoms with Crippen LogP contribution in [0, 0.1) is 0 Å². The van der Waals surface area contributed by atoms with Gasteiger partial charge in [-0.1, -0.05) is 29.8 Å². The minimum Gasteiger partial charge on any atom is -0.479 e. The molecule has 2 N–H and O–H groups in total. The lowest BCUT2D eigenvalue weighted by Gasteiger charge is -2.16. The summed E-state index contributed by atoms with van der Waals surface area (Å²) in [6, 6.07) is 13.7. The van der Waals surface area contributed by atoms with E-state index in [0.29, 0.717) is 28.6 Å². The Morgan fingerprint density at radius 1 is 1.25 bits per heavy atom. The Bertz CT molecular complexity index is 837. The van der Waals surface area contributed by atoms with Crippen LogP contribution in [0.4, 0.5) is 5.69 Å². The summed E-state index contributed by atoms with van der Waals surface area (Å²) in [7, 11) is 0. The molecule has 1 saturated heterocycles. The minimum atomic E-state index is -0.753. The van der Waals surface area contributed by atoms with Crippen molar-refractivity contribution in [3.63, 3.8) is 0 Å². The lowest BCUT2D eigenvalue weighted by atomic mass is 10.1. The molecule has 0 bridgehead atoms. The van der Waals surface area contributed by atoms with Crippen LogP contribution in [-0.4, -0.2) is 37.2 Å². The SMILES string of the molecule is CC(Oc1ccccc1Cl)C(=O)Nc1cccc(C(=O)NCC2CCCO2)c1. The summed E-state index contributed by atoms with van der Waals surface area (Å²) in [4.78, 5) is 24.7. The second-order valence-corrected chi connectivity index (χ2v) is 7.01. The van der Waals surface area contributed by atoms with Crippen molar-refractivity contribution < 1.29 is 19.1 Å². The summed E-state index contributed by atoms with van der Waals surface area (Å²) in [5.74, 6) is -0.0992. The Labute approximate surface area is 169 Å². The zero-order valence-electron chi connectivity index (χ0n) is 15.6. The molecule has 2 atom stereocenters. The third kappa shape index (κ3) is 5.47. The molecule has 0 spiro atoms. The maximum Gasteiger partial charge on any atom is 0.265 e. The van der Waals surface area contributed by atoms with Crippen LogP contribution in [0.25, 0.3) is 0 Å². The van der Waals surface area contributed by atoms with E-state index in [4.69, 9.17) is 21.1 Å². The van der Waals surface area contributed by atoms with Gasteiger partial charge in [-0.2, -0.15) is 0 Å². The number of anilines is 1. The van der Waals surface area contributed by atoms with Crippen molar-refractivity contribution in [2.24, 2.45) is 0 Å². The molecule has 1 fully saturated rings. The van der Waals surface area contributed by atoms with Crippen molar-refractivity contribution in [2.75, 3.05) is 18.5 Å². The largest absolute Gasteiger partial charge is 0.479 e. The Balaban J connectivity index is 1.56. The van der Waals surface area contributed by atoms with E-state index in [1.807, 2.05) is 0 Å². The predicted octanol–water partition coefficient (Wildman–Crippen LogP) is 3.65. The van der Waals surface area contributed by atoms with E-state index in [-0.39, 0.29) is 17.9 Å². The highest BCUT2D eigenvalue weighted by molar-refractivity contribution is 6.32. The average Bonchev–Trinajstić information content (AvgIpc) is 3.21. The lowest BCUT2D eigenvalue weighted by Crippen LogP contribution is -2.32. The standard InChI is InChI=1S/C21H23ClN2O4/c1-14(28-19-10-3-2-9-18(19)22)20(25)24-16-7-4-6-15(12-16)21(26)23-13-17-8-5-11-27-17/h2-4,6-7,9-10,12,14,17H,5,8,11,13H2,1H3,(H,23,26)(H,24,25). The molecule has 0 radical (unpaired) electrons. The second kappa shape index (κ2) is 9.57. The van der Waals surface area contributed by atoms with Crippen molar-refractivity contribution in [1.82, 2.24) is 5.32 Å². The number of hydrogen-bond acceptors (Lipinski definition) is 4. The number of carbonyl (C=O) groups excluding carboxylic acids is 2. The van der Waals surface area contributed by atoms with Crippen LogP contribution in [0.2, 0.25) is 5.02 Å². The molecular formula is C21H23ClN2O4. The van der Waals surface area contributed by atoms with Gasteiger partial charge in [0.25, 0.3) is 11.8 Å². The molecule has 2 amide bonds. The number of benzene rings is 2. The van der Waals surface area contributed by atoms with Gasteiger partial charge in [0, 0.05) is 24.4 Å². The third-order valence-electron chi connectivity index (χ3n) is 4.42. The monoisotopic (exact) mass is 402 g/mol. The van der Waals surface area contributed by atoms with Gasteiger partial charge in [0.1, 0.15) is 5.75 Å². The predicted molar refractivity (Wildman–Crippen MR) is 108 cm³/mol. The quantitative estimate of drug-likeness (QED) is 0.741. The zero-order valence-corrected chi connectivity index (χ0v) is 16.4. The number of rotatable bonds is 7. The van der Waals surface area contributed by atoms with Gasteiger partial charge in [-0.25, -0.2) is 0 Å². The molecule has 0 aliphatic carbocycles. The molecule has 7 heteroatoms. The van der Waals surface area contributed by atoms with Crippen LogP contribution in [0.1, 0.15) is 30.1 Å². The molecular weight excluding hydrogens is 380 g/mol. The van der Waals surface area contributed by atoms with Gasteiger partial charge in [0.15, 0.2) is 6.10 Å². The molecule has 148 valence electrons. The van der Waals surface area contributed by atoms with Gasteiger partial charge in [0.05, 0.1) is 11.1 Å². The highest BCUT2D eigenvalue weighted by Crippen LogP contribution is 2.24. The van der Waals surface area contributed by atoms with Gasteiger partial charge in [-0.05, 0) is 50.1 Å². The summed E-state index contributed by atoms with van der Waals surface area (Å²) in [6.07, 6.45) is 1.31. The summed E-state index contributed by atoms with van der Waals surface area (Å²) in [5, 5.41) is 6.07. The first-order chi connectivity index (χ1) is 13.5. The number of para-hydroxylation sites is 1. The molecule has 28 heavy (non-hydrogen) atoms. The summed E-state index contributed by atoms with van der Waals surface area (Å²) in [6.45, 7) is 2.87. The van der Waals surface area contributed by atoms with Crippen LogP contribution in [-0.2, 0) is 9.53 Å². The third-order valence-corrected chi connectivity index (χ3v) is 4.73. The Hall–Kier alpha value is -2.57. The molecule has 0 aromatic heterocycles. The highest BCUT2D eigenvalue weighted by atomic mass is 35.5. The smallest absolute Gasteiger partial charge is 0.265 e. The van der Waals surface area contributed by atoms with Crippen molar-refractivity contribution in [3.8, 4) is 5.75 Å². The van der Waals surface area contributed by atoms with Crippen LogP contribution in [0.5, 0.6) is 5.75 Å². The van der Waals surface area contributed by atoms with E-state index >= 15 is 0 Å². The summed E-state index contributed by atoms with van der Waals surface area (Å²) in [5.41, 5.74) is 0.986. The Morgan fingerprint density at radius 3 is 2.82 bits per heavy atom. The fourth-order valence-electron chi connectivity index (χ4n) is 2.88. The van der Waals surface area contributed by atoms with Gasteiger partial charge in [-0.15, -0.1) is 0 Å². The number of amides is 2. The van der Waals surface area contributed by atoms with Crippen LogP contribution in [0.3, 0.4) is 0 Å². The molecule has 3 rings (SSSR count). The van der Waals surface area contributed by atoms with E-state index in [1.54, 1.807) is 55.5 Å². The van der Waals surface area contributed by atoms with Gasteiger partial charge in [0.2, 0.25) is 0 Å². The molecule has 1 aliphatic heterocycles. The van der Waals surface area contributed by atoms with Crippen molar-refractivity contribution >= 4 is 29.1 Å². The fraction of sp³-hybridized carbons (Fsp3) is 0.333.